The number of halogens is 1. The summed E-state index contributed by atoms with van der Waals surface area (Å²) in [6, 6.07) is 15.3. The quantitative estimate of drug-likeness (QED) is 0.593. The van der Waals surface area contributed by atoms with Gasteiger partial charge in [0, 0.05) is 12.6 Å². The molecule has 1 unspecified atom stereocenters. The molecule has 5 heteroatoms. The van der Waals surface area contributed by atoms with Gasteiger partial charge in [0.2, 0.25) is 11.8 Å². The van der Waals surface area contributed by atoms with Crippen LogP contribution < -0.4 is 5.32 Å². The summed E-state index contributed by atoms with van der Waals surface area (Å²) in [5.41, 5.74) is 4.04. The van der Waals surface area contributed by atoms with Crippen LogP contribution in [-0.2, 0) is 16.1 Å². The number of carbonyl (C=O) groups is 2. The minimum Gasteiger partial charge on any atom is -0.351 e. The van der Waals surface area contributed by atoms with E-state index >= 15 is 0 Å². The summed E-state index contributed by atoms with van der Waals surface area (Å²) in [5.74, 6) is 0.161. The van der Waals surface area contributed by atoms with Gasteiger partial charge in [0.25, 0.3) is 0 Å². The van der Waals surface area contributed by atoms with Crippen molar-refractivity contribution in [3.05, 3.63) is 70.8 Å². The van der Waals surface area contributed by atoms with Crippen molar-refractivity contribution in [1.82, 2.24) is 10.2 Å². The number of rotatable bonds is 7. The zero-order valence-corrected chi connectivity index (χ0v) is 19.5. The minimum atomic E-state index is -0.715. The van der Waals surface area contributed by atoms with E-state index in [4.69, 9.17) is 11.6 Å². The number of nitrogens with zero attached hydrogens (tertiary/aromatic N) is 1. The summed E-state index contributed by atoms with van der Waals surface area (Å²) in [6.07, 6.45) is 4.20. The van der Waals surface area contributed by atoms with E-state index in [2.05, 4.69) is 12.2 Å². The molecule has 0 heterocycles. The van der Waals surface area contributed by atoms with Crippen LogP contribution in [0.1, 0.15) is 60.9 Å². The van der Waals surface area contributed by atoms with Crippen molar-refractivity contribution in [1.29, 1.82) is 0 Å². The number of aryl methyl sites for hydroxylation is 2. The van der Waals surface area contributed by atoms with Crippen LogP contribution in [0.4, 0.5) is 0 Å². The Morgan fingerprint density at radius 2 is 1.52 bits per heavy atom. The van der Waals surface area contributed by atoms with Gasteiger partial charge in [-0.25, -0.2) is 0 Å². The molecule has 0 saturated heterocycles. The molecule has 2 aromatic rings. The monoisotopic (exact) mass is 440 g/mol. The van der Waals surface area contributed by atoms with Gasteiger partial charge < -0.3 is 10.2 Å². The van der Waals surface area contributed by atoms with Crippen LogP contribution in [0.2, 0.25) is 0 Å². The molecule has 2 aromatic carbocycles. The Balaban J connectivity index is 1.90. The molecule has 1 saturated carbocycles. The van der Waals surface area contributed by atoms with Crippen LogP contribution in [0.15, 0.2) is 48.5 Å². The van der Waals surface area contributed by atoms with Crippen LogP contribution in [0.3, 0.4) is 0 Å². The van der Waals surface area contributed by atoms with Crippen molar-refractivity contribution in [3.8, 4) is 0 Å². The lowest BCUT2D eigenvalue weighted by atomic mass is 9.87. The Kier molecular flexibility index (Phi) is 8.14. The standard InChI is InChI=1S/C26H33ClN2O2/c1-18-4-10-21(11-5-18)17-29(24(30)16-27)25(22-12-6-19(2)7-13-22)26(31)28-23-14-8-20(3)9-15-23/h4-7,10-13,20,23,25H,8-9,14-17H2,1-3H3,(H,28,31). The molecule has 31 heavy (non-hydrogen) atoms. The number of carbonyl (C=O) groups excluding carboxylic acids is 2. The van der Waals surface area contributed by atoms with Gasteiger partial charge in [0.1, 0.15) is 11.9 Å². The molecule has 3 rings (SSSR count). The lowest BCUT2D eigenvalue weighted by molar-refractivity contribution is -0.140. The number of hydrogen-bond acceptors (Lipinski definition) is 2. The average Bonchev–Trinajstić information content (AvgIpc) is 2.77. The fourth-order valence-corrected chi connectivity index (χ4v) is 4.35. The van der Waals surface area contributed by atoms with Crippen molar-refractivity contribution in [2.24, 2.45) is 5.92 Å². The summed E-state index contributed by atoms with van der Waals surface area (Å²) in [6.45, 7) is 6.63. The van der Waals surface area contributed by atoms with E-state index in [0.717, 1.165) is 47.9 Å². The minimum absolute atomic E-state index is 0.131. The second kappa shape index (κ2) is 10.8. The fraction of sp³-hybridized carbons (Fsp3) is 0.462. The maximum atomic E-state index is 13.5. The Bertz CT molecular complexity index is 871. The van der Waals surface area contributed by atoms with Gasteiger partial charge in [-0.2, -0.15) is 0 Å². The largest absolute Gasteiger partial charge is 0.351 e. The normalized spacial score (nSPS) is 19.5. The second-order valence-corrected chi connectivity index (χ2v) is 9.19. The highest BCUT2D eigenvalue weighted by Gasteiger charge is 2.33. The third-order valence-corrected chi connectivity index (χ3v) is 6.45. The molecule has 1 aliphatic carbocycles. The zero-order valence-electron chi connectivity index (χ0n) is 18.7. The summed E-state index contributed by atoms with van der Waals surface area (Å²) >= 11 is 5.98. The number of nitrogens with one attached hydrogen (secondary N) is 1. The molecule has 0 bridgehead atoms. The number of alkyl halides is 1. The van der Waals surface area contributed by atoms with Gasteiger partial charge in [-0.05, 0) is 56.6 Å². The van der Waals surface area contributed by atoms with Crippen LogP contribution in [0, 0.1) is 19.8 Å². The molecule has 0 spiro atoms. The lowest BCUT2D eigenvalue weighted by Crippen LogP contribution is -2.47. The third-order valence-electron chi connectivity index (χ3n) is 6.22. The molecule has 0 radical (unpaired) electrons. The molecule has 1 fully saturated rings. The van der Waals surface area contributed by atoms with E-state index in [1.807, 2.05) is 62.4 Å². The Morgan fingerprint density at radius 3 is 2.06 bits per heavy atom. The first-order chi connectivity index (χ1) is 14.9. The molecule has 1 N–H and O–H groups in total. The second-order valence-electron chi connectivity index (χ2n) is 8.92. The van der Waals surface area contributed by atoms with Crippen molar-refractivity contribution in [2.75, 3.05) is 5.88 Å². The lowest BCUT2D eigenvalue weighted by Gasteiger charge is -2.34. The molecular weight excluding hydrogens is 408 g/mol. The predicted molar refractivity (Wildman–Crippen MR) is 126 cm³/mol. The fourth-order valence-electron chi connectivity index (χ4n) is 4.20. The van der Waals surface area contributed by atoms with Gasteiger partial charge in [0.15, 0.2) is 0 Å². The number of amides is 2. The first-order valence-electron chi connectivity index (χ1n) is 11.1. The van der Waals surface area contributed by atoms with Crippen molar-refractivity contribution >= 4 is 23.4 Å². The molecule has 166 valence electrons. The van der Waals surface area contributed by atoms with E-state index in [0.29, 0.717) is 12.5 Å². The molecule has 1 atom stereocenters. The SMILES string of the molecule is Cc1ccc(CN(C(=O)CCl)C(C(=O)NC2CCC(C)CC2)c2ccc(C)cc2)cc1. The Morgan fingerprint density at radius 1 is 0.968 bits per heavy atom. The van der Waals surface area contributed by atoms with Crippen molar-refractivity contribution in [2.45, 2.75) is 65.1 Å². The van der Waals surface area contributed by atoms with Crippen LogP contribution in [0.5, 0.6) is 0 Å². The highest BCUT2D eigenvalue weighted by atomic mass is 35.5. The molecular formula is C26H33ClN2O2. The zero-order chi connectivity index (χ0) is 22.4. The predicted octanol–water partition coefficient (Wildman–Crippen LogP) is 5.31. The van der Waals surface area contributed by atoms with Gasteiger partial charge >= 0.3 is 0 Å². The summed E-state index contributed by atoms with van der Waals surface area (Å²) in [4.78, 5) is 28.1. The first-order valence-corrected chi connectivity index (χ1v) is 11.7. The van der Waals surface area contributed by atoms with E-state index in [1.54, 1.807) is 4.90 Å². The summed E-state index contributed by atoms with van der Waals surface area (Å²) in [7, 11) is 0. The van der Waals surface area contributed by atoms with Gasteiger partial charge in [-0.3, -0.25) is 9.59 Å². The maximum Gasteiger partial charge on any atom is 0.247 e. The number of hydrogen-bond donors (Lipinski definition) is 1. The molecule has 1 aliphatic rings. The van der Waals surface area contributed by atoms with Gasteiger partial charge in [0.05, 0.1) is 0 Å². The molecule has 0 aromatic heterocycles. The van der Waals surface area contributed by atoms with Crippen molar-refractivity contribution < 1.29 is 9.59 Å². The van der Waals surface area contributed by atoms with Gasteiger partial charge in [-0.1, -0.05) is 66.6 Å². The topological polar surface area (TPSA) is 49.4 Å². The van der Waals surface area contributed by atoms with E-state index in [-0.39, 0.29) is 23.7 Å². The Labute approximate surface area is 191 Å². The first kappa shape index (κ1) is 23.3. The van der Waals surface area contributed by atoms with E-state index < -0.39 is 6.04 Å². The van der Waals surface area contributed by atoms with E-state index in [9.17, 15) is 9.59 Å². The van der Waals surface area contributed by atoms with Crippen LogP contribution in [0.25, 0.3) is 0 Å². The molecule has 4 nitrogen and oxygen atoms in total. The number of benzene rings is 2. The Hall–Kier alpha value is -2.33. The highest BCUT2D eigenvalue weighted by molar-refractivity contribution is 6.27. The van der Waals surface area contributed by atoms with Gasteiger partial charge in [-0.15, -0.1) is 11.6 Å². The smallest absolute Gasteiger partial charge is 0.247 e. The van der Waals surface area contributed by atoms with Crippen LogP contribution in [-0.4, -0.2) is 28.6 Å². The van der Waals surface area contributed by atoms with Crippen LogP contribution >= 0.6 is 11.6 Å². The summed E-state index contributed by atoms with van der Waals surface area (Å²) in [5, 5.41) is 3.23. The van der Waals surface area contributed by atoms with Crippen molar-refractivity contribution in [3.63, 3.8) is 0 Å². The summed E-state index contributed by atoms with van der Waals surface area (Å²) < 4.78 is 0. The highest BCUT2D eigenvalue weighted by Crippen LogP contribution is 2.28. The average molecular weight is 441 g/mol. The maximum absolute atomic E-state index is 13.5. The van der Waals surface area contributed by atoms with E-state index in [1.165, 1.54) is 0 Å². The molecule has 0 aliphatic heterocycles. The molecule has 2 amide bonds. The third kappa shape index (κ3) is 6.33.